The molecule has 66 valence electrons. The summed E-state index contributed by atoms with van der Waals surface area (Å²) in [6.45, 7) is 2.12. The summed E-state index contributed by atoms with van der Waals surface area (Å²) in [5.41, 5.74) is 5.02. The molecule has 0 saturated carbocycles. The lowest BCUT2D eigenvalue weighted by Crippen LogP contribution is -2.12. The predicted molar refractivity (Wildman–Crippen MR) is 53.6 cm³/mol. The number of amides is 1. The molecule has 0 aliphatic rings. The lowest BCUT2D eigenvalue weighted by molar-refractivity contribution is -0.115. The molecule has 1 amide bonds. The zero-order valence-electron chi connectivity index (χ0n) is 6.87. The highest BCUT2D eigenvalue weighted by molar-refractivity contribution is 8.00. The zero-order valence-corrected chi connectivity index (χ0v) is 8.50. The summed E-state index contributed by atoms with van der Waals surface area (Å²) in [7, 11) is 0. The molecule has 12 heavy (non-hydrogen) atoms. The van der Waals surface area contributed by atoms with Crippen LogP contribution in [0, 0.1) is 0 Å². The number of rotatable bonds is 4. The molecule has 0 atom stereocenters. The third-order valence-electron chi connectivity index (χ3n) is 1.36. The number of hydrogen-bond acceptors (Lipinski definition) is 3. The number of hydrogen-bond donors (Lipinski definition) is 1. The van der Waals surface area contributed by atoms with Crippen LogP contribution in [0.4, 0.5) is 0 Å². The van der Waals surface area contributed by atoms with Crippen LogP contribution < -0.4 is 5.73 Å². The molecule has 4 heteroatoms. The first-order valence-corrected chi connectivity index (χ1v) is 5.57. The smallest absolute Gasteiger partial charge is 0.227 e. The van der Waals surface area contributed by atoms with E-state index in [0.29, 0.717) is 5.75 Å². The molecular weight excluding hydrogens is 190 g/mol. The van der Waals surface area contributed by atoms with E-state index in [-0.39, 0.29) is 5.91 Å². The van der Waals surface area contributed by atoms with Crippen molar-refractivity contribution >= 4 is 29.0 Å². The predicted octanol–water partition coefficient (Wildman–Crippen LogP) is 1.89. The summed E-state index contributed by atoms with van der Waals surface area (Å²) in [6, 6.07) is 2.11. The summed E-state index contributed by atoms with van der Waals surface area (Å²) in [6.07, 6.45) is 1.06. The number of aryl methyl sites for hydroxylation is 1. The van der Waals surface area contributed by atoms with Gasteiger partial charge >= 0.3 is 0 Å². The summed E-state index contributed by atoms with van der Waals surface area (Å²) in [4.78, 5) is 13.0. The fraction of sp³-hybridized carbons (Fsp3) is 0.375. The average Bonchev–Trinajstić information content (AvgIpc) is 2.48. The molecule has 0 spiro atoms. The quantitative estimate of drug-likeness (QED) is 0.756. The zero-order chi connectivity index (χ0) is 8.97. The highest BCUT2D eigenvalue weighted by Crippen LogP contribution is 2.24. The van der Waals surface area contributed by atoms with Gasteiger partial charge in [-0.15, -0.1) is 23.1 Å². The normalized spacial score (nSPS) is 10.1. The maximum Gasteiger partial charge on any atom is 0.227 e. The van der Waals surface area contributed by atoms with Gasteiger partial charge in [0.1, 0.15) is 0 Å². The second kappa shape index (κ2) is 4.52. The third kappa shape index (κ3) is 2.87. The van der Waals surface area contributed by atoms with Crippen molar-refractivity contribution in [2.75, 3.05) is 5.75 Å². The Morgan fingerprint density at radius 2 is 2.50 bits per heavy atom. The van der Waals surface area contributed by atoms with E-state index >= 15 is 0 Å². The van der Waals surface area contributed by atoms with Gasteiger partial charge in [0.2, 0.25) is 5.91 Å². The van der Waals surface area contributed by atoms with E-state index in [9.17, 15) is 4.79 Å². The Bertz CT molecular complexity index is 270. The molecule has 1 rings (SSSR count). The van der Waals surface area contributed by atoms with Crippen LogP contribution in [-0.2, 0) is 11.2 Å². The molecular formula is C8H11NOS2. The van der Waals surface area contributed by atoms with Crippen LogP contribution in [0.3, 0.4) is 0 Å². The van der Waals surface area contributed by atoms with Gasteiger partial charge in [-0.05, 0) is 12.5 Å². The molecule has 0 aliphatic heterocycles. The van der Waals surface area contributed by atoms with Gasteiger partial charge in [0.15, 0.2) is 0 Å². The van der Waals surface area contributed by atoms with Gasteiger partial charge in [-0.1, -0.05) is 6.92 Å². The molecule has 2 N–H and O–H groups in total. The fourth-order valence-corrected chi connectivity index (χ4v) is 2.50. The van der Waals surface area contributed by atoms with Gasteiger partial charge in [0.25, 0.3) is 0 Å². The molecule has 0 aromatic carbocycles. The standard InChI is InChI=1S/C8H11NOS2/c1-2-6-3-7(4-11-6)12-5-8(9)10/h3-4H,2,5H2,1H3,(H2,9,10). The van der Waals surface area contributed by atoms with E-state index < -0.39 is 0 Å². The minimum atomic E-state index is -0.260. The van der Waals surface area contributed by atoms with Gasteiger partial charge < -0.3 is 5.73 Å². The minimum absolute atomic E-state index is 0.260. The molecule has 0 radical (unpaired) electrons. The van der Waals surface area contributed by atoms with Crippen LogP contribution in [0.25, 0.3) is 0 Å². The SMILES string of the molecule is CCc1cc(SCC(N)=O)cs1. The van der Waals surface area contributed by atoms with Gasteiger partial charge in [0.05, 0.1) is 5.75 Å². The molecule has 0 bridgehead atoms. The van der Waals surface area contributed by atoms with Crippen molar-refractivity contribution in [1.82, 2.24) is 0 Å². The van der Waals surface area contributed by atoms with Gasteiger partial charge in [-0.25, -0.2) is 0 Å². The van der Waals surface area contributed by atoms with Crippen LogP contribution in [0.2, 0.25) is 0 Å². The Hall–Kier alpha value is -0.480. The van der Waals surface area contributed by atoms with Crippen molar-refractivity contribution in [2.45, 2.75) is 18.2 Å². The lowest BCUT2D eigenvalue weighted by Gasteiger charge is -1.91. The van der Waals surface area contributed by atoms with Crippen molar-refractivity contribution in [3.63, 3.8) is 0 Å². The van der Waals surface area contributed by atoms with Crippen LogP contribution >= 0.6 is 23.1 Å². The number of thioether (sulfide) groups is 1. The molecule has 0 fully saturated rings. The molecule has 1 aromatic heterocycles. The summed E-state index contributed by atoms with van der Waals surface area (Å²) < 4.78 is 0. The van der Waals surface area contributed by atoms with E-state index in [1.807, 2.05) is 0 Å². The number of nitrogens with two attached hydrogens (primary N) is 1. The Morgan fingerprint density at radius 3 is 3.00 bits per heavy atom. The van der Waals surface area contributed by atoms with Crippen LogP contribution in [0.5, 0.6) is 0 Å². The molecule has 0 saturated heterocycles. The highest BCUT2D eigenvalue weighted by atomic mass is 32.2. The van der Waals surface area contributed by atoms with Crippen molar-refractivity contribution < 1.29 is 4.79 Å². The van der Waals surface area contributed by atoms with Gasteiger partial charge in [-0.3, -0.25) is 4.79 Å². The van der Waals surface area contributed by atoms with Crippen molar-refractivity contribution in [3.05, 3.63) is 16.3 Å². The highest BCUT2D eigenvalue weighted by Gasteiger charge is 2.00. The summed E-state index contributed by atoms with van der Waals surface area (Å²) in [5.74, 6) is 0.115. The third-order valence-corrected chi connectivity index (χ3v) is 3.59. The monoisotopic (exact) mass is 201 g/mol. The van der Waals surface area contributed by atoms with Crippen LogP contribution in [0.15, 0.2) is 16.3 Å². The maximum absolute atomic E-state index is 10.5. The Morgan fingerprint density at radius 1 is 1.75 bits per heavy atom. The number of carbonyl (C=O) groups is 1. The Balaban J connectivity index is 2.47. The fourth-order valence-electron chi connectivity index (χ4n) is 0.776. The van der Waals surface area contributed by atoms with E-state index in [2.05, 4.69) is 18.4 Å². The van der Waals surface area contributed by atoms with E-state index in [0.717, 1.165) is 11.3 Å². The van der Waals surface area contributed by atoms with Crippen molar-refractivity contribution in [2.24, 2.45) is 5.73 Å². The van der Waals surface area contributed by atoms with Crippen LogP contribution in [0.1, 0.15) is 11.8 Å². The molecule has 1 aromatic rings. The van der Waals surface area contributed by atoms with E-state index in [4.69, 9.17) is 5.73 Å². The average molecular weight is 201 g/mol. The van der Waals surface area contributed by atoms with Gasteiger partial charge in [-0.2, -0.15) is 0 Å². The molecule has 0 unspecified atom stereocenters. The molecule has 1 heterocycles. The summed E-state index contributed by atoms with van der Waals surface area (Å²) in [5, 5.41) is 2.06. The number of primary amides is 1. The first-order chi connectivity index (χ1) is 5.72. The first kappa shape index (κ1) is 9.61. The molecule has 0 aliphatic carbocycles. The number of carbonyl (C=O) groups excluding carboxylic acids is 1. The maximum atomic E-state index is 10.5. The second-order valence-corrected chi connectivity index (χ2v) is 4.40. The Labute approximate surface area is 80.2 Å². The first-order valence-electron chi connectivity index (χ1n) is 3.71. The van der Waals surface area contributed by atoms with Crippen molar-refractivity contribution in [1.29, 1.82) is 0 Å². The Kier molecular flexibility index (Phi) is 3.62. The largest absolute Gasteiger partial charge is 0.369 e. The minimum Gasteiger partial charge on any atom is -0.369 e. The van der Waals surface area contributed by atoms with Crippen LogP contribution in [-0.4, -0.2) is 11.7 Å². The second-order valence-electron chi connectivity index (χ2n) is 2.36. The van der Waals surface area contributed by atoms with Gasteiger partial charge in [0, 0.05) is 15.2 Å². The van der Waals surface area contributed by atoms with E-state index in [1.54, 1.807) is 11.3 Å². The van der Waals surface area contributed by atoms with E-state index in [1.165, 1.54) is 16.6 Å². The summed E-state index contributed by atoms with van der Waals surface area (Å²) >= 11 is 3.23. The number of thiophene rings is 1. The topological polar surface area (TPSA) is 43.1 Å². The molecule has 2 nitrogen and oxygen atoms in total. The lowest BCUT2D eigenvalue weighted by atomic mass is 10.4. The van der Waals surface area contributed by atoms with Crippen molar-refractivity contribution in [3.8, 4) is 0 Å².